The van der Waals surface area contributed by atoms with Crippen LogP contribution in [0.3, 0.4) is 0 Å². The van der Waals surface area contributed by atoms with Gasteiger partial charge in [0.2, 0.25) is 11.8 Å². The Morgan fingerprint density at radius 3 is 2.05 bits per heavy atom. The van der Waals surface area contributed by atoms with Crippen LogP contribution in [0.2, 0.25) is 5.02 Å². The van der Waals surface area contributed by atoms with Gasteiger partial charge in [0.1, 0.15) is 12.0 Å². The highest BCUT2D eigenvalue weighted by atomic mass is 35.5. The highest BCUT2D eigenvalue weighted by molar-refractivity contribution is 6.30. The van der Waals surface area contributed by atoms with E-state index in [9.17, 15) is 32.9 Å². The standard InChI is InChI=1S/C25H27ClF3N5O4.CH4/c26-17-1-4-20(5-2-17)31-11-13-33(14-12-31)24(36)16-23(35)32-9-7-18(8-10-32)30-19-3-6-22(34(37)38)21(15-19)25(27,28)29;/h1-6,15,18,30H,7-14,16H2;1H4. The minimum absolute atomic E-state index is 0. The number of alkyl halides is 3. The monoisotopic (exact) mass is 569 g/mol. The summed E-state index contributed by atoms with van der Waals surface area (Å²) in [5.74, 6) is -0.500. The summed E-state index contributed by atoms with van der Waals surface area (Å²) in [6.07, 6.45) is -4.14. The number of nitro benzene ring substituents is 1. The first-order valence-electron chi connectivity index (χ1n) is 12.2. The second kappa shape index (κ2) is 12.5. The lowest BCUT2D eigenvalue weighted by Crippen LogP contribution is -2.50. The number of piperazine rings is 1. The predicted molar refractivity (Wildman–Crippen MR) is 143 cm³/mol. The molecule has 9 nitrogen and oxygen atoms in total. The number of hydrogen-bond donors (Lipinski definition) is 1. The number of likely N-dealkylation sites (tertiary alicyclic amines) is 1. The maximum Gasteiger partial charge on any atom is 0.423 e. The van der Waals surface area contributed by atoms with Gasteiger partial charge in [-0.2, -0.15) is 13.2 Å². The van der Waals surface area contributed by atoms with E-state index in [2.05, 4.69) is 10.2 Å². The van der Waals surface area contributed by atoms with Gasteiger partial charge in [-0.1, -0.05) is 19.0 Å². The van der Waals surface area contributed by atoms with Gasteiger partial charge in [-0.25, -0.2) is 0 Å². The molecule has 0 aromatic heterocycles. The maximum atomic E-state index is 13.2. The van der Waals surface area contributed by atoms with Crippen LogP contribution in [-0.4, -0.2) is 71.8 Å². The first kappa shape index (κ1) is 30.0. The molecular formula is C26H31ClF3N5O4. The molecule has 2 aliphatic rings. The molecule has 2 aromatic rings. The maximum absolute atomic E-state index is 13.2. The lowest BCUT2D eigenvalue weighted by Gasteiger charge is -2.37. The third-order valence-electron chi connectivity index (χ3n) is 6.84. The Morgan fingerprint density at radius 1 is 0.949 bits per heavy atom. The topological polar surface area (TPSA) is 99.0 Å². The van der Waals surface area contributed by atoms with E-state index in [-0.39, 0.29) is 37.4 Å². The molecule has 0 radical (unpaired) electrons. The smallest absolute Gasteiger partial charge is 0.382 e. The van der Waals surface area contributed by atoms with Crippen molar-refractivity contribution in [1.82, 2.24) is 9.80 Å². The van der Waals surface area contributed by atoms with Gasteiger partial charge in [-0.05, 0) is 49.2 Å². The molecule has 0 saturated carbocycles. The zero-order chi connectivity index (χ0) is 27.4. The van der Waals surface area contributed by atoms with Crippen molar-refractivity contribution in [3.05, 3.63) is 63.2 Å². The average molecular weight is 570 g/mol. The Bertz CT molecular complexity index is 1180. The van der Waals surface area contributed by atoms with Crippen molar-refractivity contribution in [3.8, 4) is 0 Å². The van der Waals surface area contributed by atoms with Crippen molar-refractivity contribution in [2.24, 2.45) is 0 Å². The minimum atomic E-state index is -4.86. The molecule has 2 saturated heterocycles. The number of anilines is 2. The van der Waals surface area contributed by atoms with Crippen LogP contribution in [-0.2, 0) is 15.8 Å². The van der Waals surface area contributed by atoms with Crippen LogP contribution in [0.4, 0.5) is 30.2 Å². The predicted octanol–water partition coefficient (Wildman–Crippen LogP) is 5.04. The molecule has 4 rings (SSSR count). The van der Waals surface area contributed by atoms with E-state index in [1.807, 2.05) is 24.3 Å². The van der Waals surface area contributed by atoms with Crippen LogP contribution in [0.25, 0.3) is 0 Å². The lowest BCUT2D eigenvalue weighted by molar-refractivity contribution is -0.388. The Labute approximate surface area is 229 Å². The zero-order valence-corrected chi connectivity index (χ0v) is 21.2. The third kappa shape index (κ3) is 7.53. The summed E-state index contributed by atoms with van der Waals surface area (Å²) in [5, 5.41) is 14.6. The Morgan fingerprint density at radius 2 is 1.51 bits per heavy atom. The quantitative estimate of drug-likeness (QED) is 0.297. The average Bonchev–Trinajstić information content (AvgIpc) is 2.89. The summed E-state index contributed by atoms with van der Waals surface area (Å²) in [6.45, 7) is 3.03. The van der Waals surface area contributed by atoms with Gasteiger partial charge in [-0.3, -0.25) is 19.7 Å². The molecule has 2 aliphatic heterocycles. The summed E-state index contributed by atoms with van der Waals surface area (Å²) in [5.41, 5.74) is -1.16. The fourth-order valence-electron chi connectivity index (χ4n) is 4.74. The molecule has 2 amide bonds. The number of carbonyl (C=O) groups excluding carboxylic acids is 2. The molecule has 2 aromatic carbocycles. The zero-order valence-electron chi connectivity index (χ0n) is 20.4. The van der Waals surface area contributed by atoms with E-state index in [4.69, 9.17) is 11.6 Å². The Kier molecular flexibility index (Phi) is 9.65. The van der Waals surface area contributed by atoms with Gasteiger partial charge in [0, 0.05) is 67.8 Å². The van der Waals surface area contributed by atoms with Crippen LogP contribution >= 0.6 is 11.6 Å². The summed E-state index contributed by atoms with van der Waals surface area (Å²) >= 11 is 5.94. The van der Waals surface area contributed by atoms with E-state index in [0.717, 1.165) is 17.8 Å². The van der Waals surface area contributed by atoms with Gasteiger partial charge in [-0.15, -0.1) is 0 Å². The van der Waals surface area contributed by atoms with Gasteiger partial charge < -0.3 is 20.0 Å². The normalized spacial score (nSPS) is 16.5. The van der Waals surface area contributed by atoms with Crippen LogP contribution in [0.1, 0.15) is 32.3 Å². The molecule has 0 atom stereocenters. The number of amides is 2. The molecule has 2 fully saturated rings. The number of halogens is 4. The van der Waals surface area contributed by atoms with Crippen molar-refractivity contribution in [1.29, 1.82) is 0 Å². The molecular weight excluding hydrogens is 539 g/mol. The Balaban J connectivity index is 0.00000420. The van der Waals surface area contributed by atoms with Crippen molar-refractivity contribution < 1.29 is 27.7 Å². The van der Waals surface area contributed by atoms with Gasteiger partial charge in [0.25, 0.3) is 5.69 Å². The minimum Gasteiger partial charge on any atom is -0.382 e. The molecule has 212 valence electrons. The Hall–Kier alpha value is -3.54. The van der Waals surface area contributed by atoms with Crippen LogP contribution in [0, 0.1) is 10.1 Å². The van der Waals surface area contributed by atoms with Gasteiger partial charge >= 0.3 is 6.18 Å². The summed E-state index contributed by atoms with van der Waals surface area (Å²) < 4.78 is 39.7. The largest absolute Gasteiger partial charge is 0.423 e. The SMILES string of the molecule is C.O=C(CC(=O)N1CCN(c2ccc(Cl)cc2)CC1)N1CCC(Nc2ccc([N+](=O)[O-])c(C(F)(F)F)c2)CC1. The van der Waals surface area contributed by atoms with Crippen molar-refractivity contribution in [2.75, 3.05) is 49.5 Å². The molecule has 0 aliphatic carbocycles. The molecule has 2 heterocycles. The van der Waals surface area contributed by atoms with E-state index in [1.165, 1.54) is 6.07 Å². The molecule has 0 bridgehead atoms. The van der Waals surface area contributed by atoms with Crippen molar-refractivity contribution >= 4 is 40.5 Å². The number of hydrogen-bond acceptors (Lipinski definition) is 6. The highest BCUT2D eigenvalue weighted by Crippen LogP contribution is 2.38. The fraction of sp³-hybridized carbons (Fsp3) is 0.462. The van der Waals surface area contributed by atoms with Gasteiger partial charge in [0.05, 0.1) is 4.92 Å². The fourth-order valence-corrected chi connectivity index (χ4v) is 4.87. The number of piperidine rings is 1. The second-order valence-electron chi connectivity index (χ2n) is 9.31. The highest BCUT2D eigenvalue weighted by Gasteiger charge is 2.38. The number of benzene rings is 2. The third-order valence-corrected chi connectivity index (χ3v) is 7.10. The summed E-state index contributed by atoms with van der Waals surface area (Å²) in [4.78, 5) is 40.8. The van der Waals surface area contributed by atoms with E-state index in [1.54, 1.807) is 9.80 Å². The summed E-state index contributed by atoms with van der Waals surface area (Å²) in [6, 6.07) is 10.1. The van der Waals surface area contributed by atoms with Crippen LogP contribution in [0.5, 0.6) is 0 Å². The van der Waals surface area contributed by atoms with Crippen molar-refractivity contribution in [3.63, 3.8) is 0 Å². The molecule has 0 unspecified atom stereocenters. The lowest BCUT2D eigenvalue weighted by atomic mass is 10.0. The first-order chi connectivity index (χ1) is 18.0. The molecule has 1 N–H and O–H groups in total. The number of rotatable bonds is 6. The van der Waals surface area contributed by atoms with Crippen molar-refractivity contribution in [2.45, 2.75) is 38.9 Å². The number of nitro groups is 1. The number of nitrogens with one attached hydrogen (secondary N) is 1. The number of nitrogens with zero attached hydrogens (tertiary/aromatic N) is 4. The van der Waals surface area contributed by atoms with Gasteiger partial charge in [0.15, 0.2) is 0 Å². The van der Waals surface area contributed by atoms with E-state index < -0.39 is 22.4 Å². The first-order valence-corrected chi connectivity index (χ1v) is 12.6. The molecule has 0 spiro atoms. The van der Waals surface area contributed by atoms with E-state index in [0.29, 0.717) is 57.1 Å². The van der Waals surface area contributed by atoms with E-state index >= 15 is 0 Å². The van der Waals surface area contributed by atoms with Crippen LogP contribution < -0.4 is 10.2 Å². The molecule has 39 heavy (non-hydrogen) atoms. The summed E-state index contributed by atoms with van der Waals surface area (Å²) in [7, 11) is 0. The van der Waals surface area contributed by atoms with Crippen LogP contribution in [0.15, 0.2) is 42.5 Å². The number of carbonyl (C=O) groups is 2. The molecule has 13 heteroatoms. The second-order valence-corrected chi connectivity index (χ2v) is 9.74.